The lowest BCUT2D eigenvalue weighted by Crippen LogP contribution is -2.37. The summed E-state index contributed by atoms with van der Waals surface area (Å²) in [4.78, 5) is 25.4. The topological polar surface area (TPSA) is 61.5 Å². The monoisotopic (exact) mass is 356 g/mol. The summed E-state index contributed by atoms with van der Waals surface area (Å²) in [7, 11) is 0. The lowest BCUT2D eigenvalue weighted by atomic mass is 10.2. The molecular formula is C20H28N4O2. The Hall–Kier alpha value is -1.92. The van der Waals surface area contributed by atoms with Gasteiger partial charge in [0.2, 0.25) is 5.91 Å². The molecule has 1 unspecified atom stereocenters. The van der Waals surface area contributed by atoms with Crippen LogP contribution >= 0.6 is 0 Å². The summed E-state index contributed by atoms with van der Waals surface area (Å²) in [5.41, 5.74) is 3.26. The minimum atomic E-state index is 0.0959. The highest BCUT2D eigenvalue weighted by Gasteiger charge is 2.31. The van der Waals surface area contributed by atoms with Gasteiger partial charge in [0.05, 0.1) is 30.3 Å². The Morgan fingerprint density at radius 3 is 3.00 bits per heavy atom. The fourth-order valence-corrected chi connectivity index (χ4v) is 4.07. The number of aromatic nitrogens is 2. The van der Waals surface area contributed by atoms with Crippen LogP contribution in [0.15, 0.2) is 18.2 Å². The van der Waals surface area contributed by atoms with Crippen molar-refractivity contribution in [2.24, 2.45) is 0 Å². The number of nitrogens with one attached hydrogen (secondary N) is 1. The fraction of sp³-hybridized carbons (Fsp3) is 0.600. The van der Waals surface area contributed by atoms with E-state index < -0.39 is 0 Å². The smallest absolute Gasteiger partial charge is 0.223 e. The van der Waals surface area contributed by atoms with Crippen molar-refractivity contribution in [2.45, 2.75) is 38.6 Å². The largest absolute Gasteiger partial charge is 0.379 e. The van der Waals surface area contributed by atoms with Crippen LogP contribution in [0.2, 0.25) is 0 Å². The van der Waals surface area contributed by atoms with E-state index in [4.69, 9.17) is 9.72 Å². The molecule has 1 amide bonds. The third kappa shape index (κ3) is 3.76. The van der Waals surface area contributed by atoms with Crippen LogP contribution in [0, 0.1) is 6.92 Å². The number of likely N-dealkylation sites (tertiary alicyclic amines) is 1. The Morgan fingerprint density at radius 1 is 1.31 bits per heavy atom. The number of hydrogen-bond donors (Lipinski definition) is 1. The van der Waals surface area contributed by atoms with Gasteiger partial charge in [-0.2, -0.15) is 0 Å². The zero-order valence-electron chi connectivity index (χ0n) is 15.5. The second kappa shape index (κ2) is 7.76. The number of aryl methyl sites for hydroxylation is 1. The summed E-state index contributed by atoms with van der Waals surface area (Å²) in [6, 6.07) is 6.35. The molecule has 2 saturated heterocycles. The lowest BCUT2D eigenvalue weighted by Gasteiger charge is -2.27. The van der Waals surface area contributed by atoms with Gasteiger partial charge in [0.1, 0.15) is 5.82 Å². The average Bonchev–Trinajstić information content (AvgIpc) is 3.28. The number of ether oxygens (including phenoxy) is 1. The van der Waals surface area contributed by atoms with Gasteiger partial charge < -0.3 is 14.6 Å². The molecule has 2 aromatic rings. The van der Waals surface area contributed by atoms with Crippen LogP contribution < -0.4 is 0 Å². The number of imidazole rings is 1. The van der Waals surface area contributed by atoms with Gasteiger partial charge in [-0.1, -0.05) is 6.07 Å². The molecule has 2 fully saturated rings. The molecule has 2 aliphatic heterocycles. The highest BCUT2D eigenvalue weighted by atomic mass is 16.5. The third-order valence-electron chi connectivity index (χ3n) is 5.51. The molecule has 26 heavy (non-hydrogen) atoms. The summed E-state index contributed by atoms with van der Waals surface area (Å²) in [5.74, 6) is 1.20. The molecule has 0 radical (unpaired) electrons. The SMILES string of the molecule is Cc1ccc2nc(C3CCCN3C(=O)CCCN3CCOCC3)[nH]c2c1. The Balaban J connectivity index is 1.37. The molecule has 1 atom stereocenters. The Bertz CT molecular complexity index is 766. The van der Waals surface area contributed by atoms with Gasteiger partial charge in [0, 0.05) is 26.1 Å². The maximum atomic E-state index is 12.8. The molecule has 4 rings (SSSR count). The van der Waals surface area contributed by atoms with E-state index in [0.717, 1.165) is 75.5 Å². The number of carbonyl (C=O) groups excluding carboxylic acids is 1. The van der Waals surface area contributed by atoms with Crippen LogP contribution in [0.5, 0.6) is 0 Å². The number of H-pyrrole nitrogens is 1. The molecule has 0 spiro atoms. The second-order valence-corrected chi connectivity index (χ2v) is 7.45. The number of carbonyl (C=O) groups is 1. The van der Waals surface area contributed by atoms with Crippen molar-refractivity contribution in [1.82, 2.24) is 19.8 Å². The van der Waals surface area contributed by atoms with Crippen LogP contribution in [0.4, 0.5) is 0 Å². The standard InChI is InChI=1S/C20H28N4O2/c1-15-6-7-16-17(14-15)22-20(21-16)18-4-2-9-24(18)19(25)5-3-8-23-10-12-26-13-11-23/h6-7,14,18H,2-5,8-13H2,1H3,(H,21,22). The number of rotatable bonds is 5. The highest BCUT2D eigenvalue weighted by Crippen LogP contribution is 2.32. The maximum absolute atomic E-state index is 12.8. The van der Waals surface area contributed by atoms with Crippen molar-refractivity contribution in [3.05, 3.63) is 29.6 Å². The Labute approximate surface area is 154 Å². The minimum Gasteiger partial charge on any atom is -0.379 e. The highest BCUT2D eigenvalue weighted by molar-refractivity contribution is 5.78. The van der Waals surface area contributed by atoms with Gasteiger partial charge in [-0.15, -0.1) is 0 Å². The van der Waals surface area contributed by atoms with E-state index in [0.29, 0.717) is 6.42 Å². The first-order chi connectivity index (χ1) is 12.7. The maximum Gasteiger partial charge on any atom is 0.223 e. The minimum absolute atomic E-state index is 0.0959. The van der Waals surface area contributed by atoms with Crippen LogP contribution in [0.3, 0.4) is 0 Å². The van der Waals surface area contributed by atoms with Gasteiger partial charge in [0.15, 0.2) is 0 Å². The molecule has 0 aliphatic carbocycles. The predicted molar refractivity (Wildman–Crippen MR) is 101 cm³/mol. The first kappa shape index (κ1) is 17.5. The van der Waals surface area contributed by atoms with E-state index in [1.54, 1.807) is 0 Å². The first-order valence-corrected chi connectivity index (χ1v) is 9.76. The fourth-order valence-electron chi connectivity index (χ4n) is 4.07. The first-order valence-electron chi connectivity index (χ1n) is 9.76. The van der Waals surface area contributed by atoms with Crippen LogP contribution in [-0.4, -0.2) is 65.1 Å². The molecular weight excluding hydrogens is 328 g/mol. The molecule has 6 heteroatoms. The van der Waals surface area contributed by atoms with E-state index in [9.17, 15) is 4.79 Å². The zero-order valence-corrected chi connectivity index (χ0v) is 15.5. The van der Waals surface area contributed by atoms with Crippen LogP contribution in [0.25, 0.3) is 11.0 Å². The predicted octanol–water partition coefficient (Wildman–Crippen LogP) is 2.65. The Kier molecular flexibility index (Phi) is 5.22. The van der Waals surface area contributed by atoms with E-state index in [-0.39, 0.29) is 11.9 Å². The number of fused-ring (bicyclic) bond motifs is 1. The number of nitrogens with zero attached hydrogens (tertiary/aromatic N) is 3. The van der Waals surface area contributed by atoms with Crippen LogP contribution in [-0.2, 0) is 9.53 Å². The number of benzene rings is 1. The molecule has 3 heterocycles. The van der Waals surface area contributed by atoms with Gasteiger partial charge >= 0.3 is 0 Å². The summed E-state index contributed by atoms with van der Waals surface area (Å²) < 4.78 is 5.38. The van der Waals surface area contributed by atoms with Gasteiger partial charge in [-0.05, 0) is 50.4 Å². The van der Waals surface area contributed by atoms with Crippen molar-refractivity contribution < 1.29 is 9.53 Å². The molecule has 6 nitrogen and oxygen atoms in total. The van der Waals surface area contributed by atoms with Gasteiger partial charge in [-0.25, -0.2) is 4.98 Å². The molecule has 1 aromatic carbocycles. The number of morpholine rings is 1. The molecule has 140 valence electrons. The Morgan fingerprint density at radius 2 is 2.15 bits per heavy atom. The number of aromatic amines is 1. The van der Waals surface area contributed by atoms with Crippen molar-refractivity contribution >= 4 is 16.9 Å². The molecule has 1 N–H and O–H groups in total. The third-order valence-corrected chi connectivity index (χ3v) is 5.51. The quantitative estimate of drug-likeness (QED) is 0.895. The summed E-state index contributed by atoms with van der Waals surface area (Å²) >= 11 is 0. The molecule has 0 saturated carbocycles. The van der Waals surface area contributed by atoms with Crippen molar-refractivity contribution in [2.75, 3.05) is 39.4 Å². The van der Waals surface area contributed by atoms with Crippen molar-refractivity contribution in [1.29, 1.82) is 0 Å². The molecule has 1 aromatic heterocycles. The molecule has 0 bridgehead atoms. The average molecular weight is 356 g/mol. The van der Waals surface area contributed by atoms with Crippen molar-refractivity contribution in [3.63, 3.8) is 0 Å². The van der Waals surface area contributed by atoms with Gasteiger partial charge in [0.25, 0.3) is 0 Å². The van der Waals surface area contributed by atoms with E-state index in [1.807, 2.05) is 11.0 Å². The normalized spacial score (nSPS) is 21.6. The number of hydrogen-bond acceptors (Lipinski definition) is 4. The summed E-state index contributed by atoms with van der Waals surface area (Å²) in [5, 5.41) is 0. The second-order valence-electron chi connectivity index (χ2n) is 7.45. The van der Waals surface area contributed by atoms with Gasteiger partial charge in [-0.3, -0.25) is 9.69 Å². The summed E-state index contributed by atoms with van der Waals surface area (Å²) in [6.45, 7) is 7.51. The van der Waals surface area contributed by atoms with E-state index >= 15 is 0 Å². The number of amides is 1. The van der Waals surface area contributed by atoms with E-state index in [1.165, 1.54) is 5.56 Å². The lowest BCUT2D eigenvalue weighted by molar-refractivity contribution is -0.132. The zero-order chi connectivity index (χ0) is 17.9. The van der Waals surface area contributed by atoms with Crippen molar-refractivity contribution in [3.8, 4) is 0 Å². The van der Waals surface area contributed by atoms with E-state index in [2.05, 4.69) is 28.9 Å². The van der Waals surface area contributed by atoms with Crippen LogP contribution in [0.1, 0.15) is 43.1 Å². The molecule has 2 aliphatic rings. The summed E-state index contributed by atoms with van der Waals surface area (Å²) in [6.07, 6.45) is 3.58.